The molecule has 0 bridgehead atoms. The summed E-state index contributed by atoms with van der Waals surface area (Å²) in [5, 5.41) is 4.69. The maximum atomic E-state index is 11.5. The molecule has 2 aromatic rings. The van der Waals surface area contributed by atoms with Crippen molar-refractivity contribution in [1.29, 1.82) is 0 Å². The highest BCUT2D eigenvalue weighted by Gasteiger charge is 2.13. The molecule has 0 saturated heterocycles. The van der Waals surface area contributed by atoms with E-state index in [0.29, 0.717) is 15.6 Å². The minimum absolute atomic E-state index is 0.0196. The van der Waals surface area contributed by atoms with E-state index in [4.69, 9.17) is 27.9 Å². The van der Waals surface area contributed by atoms with Crippen LogP contribution in [0.3, 0.4) is 0 Å². The van der Waals surface area contributed by atoms with Crippen molar-refractivity contribution >= 4 is 34.9 Å². The molecule has 2 rings (SSSR count). The maximum absolute atomic E-state index is 11.5. The first-order valence-electron chi connectivity index (χ1n) is 6.83. The van der Waals surface area contributed by atoms with Crippen LogP contribution in [-0.4, -0.2) is 13.1 Å². The maximum Gasteiger partial charge on any atom is 0.337 e. The van der Waals surface area contributed by atoms with Gasteiger partial charge < -0.3 is 10.1 Å². The smallest absolute Gasteiger partial charge is 0.337 e. The normalized spacial score (nSPS) is 11.9. The molecule has 0 fully saturated rings. The zero-order valence-electron chi connectivity index (χ0n) is 12.6. The van der Waals surface area contributed by atoms with Crippen molar-refractivity contribution < 1.29 is 9.53 Å². The minimum atomic E-state index is -0.347. The lowest BCUT2D eigenvalue weighted by Crippen LogP contribution is -2.09. The van der Waals surface area contributed by atoms with E-state index in [9.17, 15) is 4.79 Å². The van der Waals surface area contributed by atoms with Gasteiger partial charge in [-0.05, 0) is 61.4 Å². The van der Waals surface area contributed by atoms with Crippen LogP contribution in [0.15, 0.2) is 36.4 Å². The van der Waals surface area contributed by atoms with Gasteiger partial charge >= 0.3 is 5.97 Å². The number of rotatable bonds is 4. The number of hydrogen-bond donors (Lipinski definition) is 1. The van der Waals surface area contributed by atoms with E-state index in [0.717, 1.165) is 16.8 Å². The highest BCUT2D eigenvalue weighted by atomic mass is 35.5. The Labute approximate surface area is 140 Å². The van der Waals surface area contributed by atoms with Crippen molar-refractivity contribution in [2.45, 2.75) is 19.9 Å². The molecule has 0 aliphatic rings. The molecule has 5 heteroatoms. The van der Waals surface area contributed by atoms with Crippen molar-refractivity contribution in [3.05, 3.63) is 63.1 Å². The zero-order valence-corrected chi connectivity index (χ0v) is 14.1. The molecule has 0 radical (unpaired) electrons. The summed E-state index contributed by atoms with van der Waals surface area (Å²) in [5.74, 6) is -0.347. The third kappa shape index (κ3) is 3.73. The fraction of sp³-hybridized carbons (Fsp3) is 0.235. The fourth-order valence-electron chi connectivity index (χ4n) is 2.23. The average Bonchev–Trinajstić information content (AvgIpc) is 2.50. The number of benzene rings is 2. The number of carbonyl (C=O) groups is 1. The summed E-state index contributed by atoms with van der Waals surface area (Å²) in [7, 11) is 1.37. The van der Waals surface area contributed by atoms with Crippen LogP contribution in [0.1, 0.15) is 34.5 Å². The van der Waals surface area contributed by atoms with Gasteiger partial charge in [0.1, 0.15) is 0 Å². The Morgan fingerprint density at radius 3 is 2.55 bits per heavy atom. The highest BCUT2D eigenvalue weighted by Crippen LogP contribution is 2.29. The van der Waals surface area contributed by atoms with Gasteiger partial charge in [0.05, 0.1) is 18.7 Å². The fourth-order valence-corrected chi connectivity index (χ4v) is 2.69. The number of anilines is 1. The Hall–Kier alpha value is -1.71. The lowest BCUT2D eigenvalue weighted by molar-refractivity contribution is 0.0600. The second kappa shape index (κ2) is 7.03. The molecule has 0 aliphatic carbocycles. The SMILES string of the molecule is COC(=O)c1ccc(N[C@@H](C)c2cc(Cl)ccc2Cl)c(C)c1. The number of esters is 1. The van der Waals surface area contributed by atoms with Crippen LogP contribution in [0.4, 0.5) is 5.69 Å². The number of methoxy groups -OCH3 is 1. The molecule has 0 heterocycles. The molecule has 0 aliphatic heterocycles. The standard InChI is InChI=1S/C17H17Cl2NO2/c1-10-8-12(17(21)22-3)4-7-16(10)20-11(2)14-9-13(18)5-6-15(14)19/h4-9,11,20H,1-3H3/t11-/m0/s1. The molecule has 22 heavy (non-hydrogen) atoms. The molecule has 1 atom stereocenters. The summed E-state index contributed by atoms with van der Waals surface area (Å²) in [4.78, 5) is 11.5. The van der Waals surface area contributed by atoms with Gasteiger partial charge in [-0.15, -0.1) is 0 Å². The van der Waals surface area contributed by atoms with E-state index < -0.39 is 0 Å². The number of halogens is 2. The quantitative estimate of drug-likeness (QED) is 0.773. The van der Waals surface area contributed by atoms with E-state index in [2.05, 4.69) is 5.32 Å². The van der Waals surface area contributed by atoms with E-state index in [-0.39, 0.29) is 12.0 Å². The van der Waals surface area contributed by atoms with Crippen molar-refractivity contribution in [2.75, 3.05) is 12.4 Å². The Bertz CT molecular complexity index is 701. The number of nitrogens with one attached hydrogen (secondary N) is 1. The molecule has 1 N–H and O–H groups in total. The topological polar surface area (TPSA) is 38.3 Å². The number of carbonyl (C=O) groups excluding carboxylic acids is 1. The Kier molecular flexibility index (Phi) is 5.33. The van der Waals surface area contributed by atoms with Gasteiger partial charge in [-0.2, -0.15) is 0 Å². The summed E-state index contributed by atoms with van der Waals surface area (Å²) in [6.07, 6.45) is 0. The average molecular weight is 338 g/mol. The van der Waals surface area contributed by atoms with Crippen LogP contribution in [0.5, 0.6) is 0 Å². The van der Waals surface area contributed by atoms with Crippen molar-refractivity contribution in [3.8, 4) is 0 Å². The lowest BCUT2D eigenvalue weighted by Gasteiger charge is -2.19. The Morgan fingerprint density at radius 1 is 1.18 bits per heavy atom. The van der Waals surface area contributed by atoms with Crippen LogP contribution in [-0.2, 0) is 4.74 Å². The van der Waals surface area contributed by atoms with Crippen LogP contribution < -0.4 is 5.32 Å². The predicted octanol–water partition coefficient (Wildman–Crippen LogP) is 5.26. The van der Waals surface area contributed by atoms with Crippen molar-refractivity contribution in [3.63, 3.8) is 0 Å². The molecular formula is C17H17Cl2NO2. The van der Waals surface area contributed by atoms with Crippen molar-refractivity contribution in [2.24, 2.45) is 0 Å². The third-order valence-electron chi connectivity index (χ3n) is 3.44. The summed E-state index contributed by atoms with van der Waals surface area (Å²) < 4.78 is 4.72. The van der Waals surface area contributed by atoms with Crippen LogP contribution in [0.25, 0.3) is 0 Å². The summed E-state index contributed by atoms with van der Waals surface area (Å²) in [6.45, 7) is 3.94. The lowest BCUT2D eigenvalue weighted by atomic mass is 10.1. The zero-order chi connectivity index (χ0) is 16.3. The molecule has 3 nitrogen and oxygen atoms in total. The molecular weight excluding hydrogens is 321 g/mol. The van der Waals surface area contributed by atoms with E-state index in [1.807, 2.05) is 26.0 Å². The van der Waals surface area contributed by atoms with Crippen LogP contribution in [0.2, 0.25) is 10.0 Å². The van der Waals surface area contributed by atoms with Gasteiger partial charge in [-0.1, -0.05) is 23.2 Å². The van der Waals surface area contributed by atoms with Crippen LogP contribution in [0, 0.1) is 6.92 Å². The Balaban J connectivity index is 2.23. The van der Waals surface area contributed by atoms with Crippen LogP contribution >= 0.6 is 23.2 Å². The van der Waals surface area contributed by atoms with Gasteiger partial charge in [-0.3, -0.25) is 0 Å². The van der Waals surface area contributed by atoms with Gasteiger partial charge in [0.2, 0.25) is 0 Å². The van der Waals surface area contributed by atoms with Gasteiger partial charge in [0.25, 0.3) is 0 Å². The third-order valence-corrected chi connectivity index (χ3v) is 4.02. The van der Waals surface area contributed by atoms with E-state index >= 15 is 0 Å². The van der Waals surface area contributed by atoms with Gasteiger partial charge in [-0.25, -0.2) is 4.79 Å². The van der Waals surface area contributed by atoms with E-state index in [1.165, 1.54) is 7.11 Å². The summed E-state index contributed by atoms with van der Waals surface area (Å²) in [6, 6.07) is 10.7. The first kappa shape index (κ1) is 16.7. The first-order valence-corrected chi connectivity index (χ1v) is 7.58. The second-order valence-electron chi connectivity index (χ2n) is 5.05. The molecule has 2 aromatic carbocycles. The number of aryl methyl sites for hydroxylation is 1. The van der Waals surface area contributed by atoms with E-state index in [1.54, 1.807) is 24.3 Å². The largest absolute Gasteiger partial charge is 0.465 e. The molecule has 0 saturated carbocycles. The number of hydrogen-bond acceptors (Lipinski definition) is 3. The summed E-state index contributed by atoms with van der Waals surface area (Å²) >= 11 is 12.3. The van der Waals surface area contributed by atoms with Gasteiger partial charge in [0.15, 0.2) is 0 Å². The molecule has 116 valence electrons. The molecule has 0 unspecified atom stereocenters. The monoisotopic (exact) mass is 337 g/mol. The minimum Gasteiger partial charge on any atom is -0.465 e. The Morgan fingerprint density at radius 2 is 1.91 bits per heavy atom. The highest BCUT2D eigenvalue weighted by molar-refractivity contribution is 6.33. The molecule has 0 aromatic heterocycles. The molecule has 0 spiro atoms. The van der Waals surface area contributed by atoms with Gasteiger partial charge in [0, 0.05) is 15.7 Å². The number of ether oxygens (including phenoxy) is 1. The predicted molar refractivity (Wildman–Crippen MR) is 91.0 cm³/mol. The molecule has 0 amide bonds. The van der Waals surface area contributed by atoms with Crippen molar-refractivity contribution in [1.82, 2.24) is 0 Å². The first-order chi connectivity index (χ1) is 10.4. The second-order valence-corrected chi connectivity index (χ2v) is 5.90. The summed E-state index contributed by atoms with van der Waals surface area (Å²) in [5.41, 5.74) is 3.33.